The second-order valence-electron chi connectivity index (χ2n) is 6.70. The average Bonchev–Trinajstić information content (AvgIpc) is 3.00. The van der Waals surface area contributed by atoms with Crippen LogP contribution in [0.1, 0.15) is 41.1 Å². The molecule has 0 fully saturated rings. The van der Waals surface area contributed by atoms with Gasteiger partial charge in [0.2, 0.25) is 0 Å². The van der Waals surface area contributed by atoms with Crippen LogP contribution < -0.4 is 0 Å². The van der Waals surface area contributed by atoms with E-state index < -0.39 is 0 Å². The normalized spacial score (nSPS) is 18.1. The lowest BCUT2D eigenvalue weighted by molar-refractivity contribution is 0.0994. The molecule has 0 radical (unpaired) electrons. The molecule has 0 saturated heterocycles. The summed E-state index contributed by atoms with van der Waals surface area (Å²) in [5.41, 5.74) is 2.18. The van der Waals surface area contributed by atoms with Gasteiger partial charge in [0.15, 0.2) is 5.78 Å². The van der Waals surface area contributed by atoms with Crippen molar-refractivity contribution in [2.75, 3.05) is 0 Å². The zero-order valence-corrected chi connectivity index (χ0v) is 16.0. The highest BCUT2D eigenvalue weighted by Gasteiger charge is 2.25. The number of ketones is 1. The van der Waals surface area contributed by atoms with Crippen LogP contribution in [0.4, 0.5) is 0 Å². The van der Waals surface area contributed by atoms with E-state index in [4.69, 9.17) is 0 Å². The molecular formula is C20H20N2OS2. The van der Waals surface area contributed by atoms with E-state index in [2.05, 4.69) is 16.9 Å². The quantitative estimate of drug-likeness (QED) is 0.361. The number of aryl methyl sites for hydroxylation is 1. The lowest BCUT2D eigenvalue weighted by Crippen LogP contribution is -2.14. The van der Waals surface area contributed by atoms with Gasteiger partial charge in [-0.1, -0.05) is 49.0 Å². The topological polar surface area (TPSA) is 42.9 Å². The molecule has 2 aromatic heterocycles. The van der Waals surface area contributed by atoms with E-state index in [0.717, 1.165) is 34.2 Å². The molecule has 0 N–H and O–H groups in total. The zero-order chi connectivity index (χ0) is 17.4. The third kappa shape index (κ3) is 3.23. The Morgan fingerprint density at radius 2 is 2.08 bits per heavy atom. The number of hydrogen-bond acceptors (Lipinski definition) is 5. The average molecular weight is 369 g/mol. The van der Waals surface area contributed by atoms with Crippen LogP contribution >= 0.6 is 23.1 Å². The number of hydrogen-bond donors (Lipinski definition) is 0. The Kier molecular flexibility index (Phi) is 4.61. The SMILES string of the molecule is C[C@H]1CCc2c(sc3ncnc(S[C@@H](C)C(=O)c4ccccc4)c23)C1. The molecule has 3 aromatic rings. The van der Waals surface area contributed by atoms with Crippen molar-refractivity contribution < 1.29 is 4.79 Å². The summed E-state index contributed by atoms with van der Waals surface area (Å²) in [5.74, 6) is 0.887. The maximum atomic E-state index is 12.7. The van der Waals surface area contributed by atoms with E-state index in [-0.39, 0.29) is 11.0 Å². The second kappa shape index (κ2) is 6.89. The summed E-state index contributed by atoms with van der Waals surface area (Å²) in [6.07, 6.45) is 5.09. The Morgan fingerprint density at radius 3 is 2.88 bits per heavy atom. The molecule has 0 spiro atoms. The number of Topliss-reactive ketones (excluding diaryl/α,β-unsaturated/α-hetero) is 1. The van der Waals surface area contributed by atoms with Gasteiger partial charge in [0.1, 0.15) is 16.2 Å². The summed E-state index contributed by atoms with van der Waals surface area (Å²) >= 11 is 3.36. The smallest absolute Gasteiger partial charge is 0.175 e. The molecule has 1 aliphatic carbocycles. The van der Waals surface area contributed by atoms with Crippen molar-refractivity contribution >= 4 is 39.1 Å². The van der Waals surface area contributed by atoms with Crippen LogP contribution in [-0.4, -0.2) is 21.0 Å². The first-order valence-corrected chi connectivity index (χ1v) is 10.3. The zero-order valence-electron chi connectivity index (χ0n) is 14.4. The van der Waals surface area contributed by atoms with E-state index >= 15 is 0 Å². The van der Waals surface area contributed by atoms with Gasteiger partial charge in [-0.05, 0) is 37.7 Å². The summed E-state index contributed by atoms with van der Waals surface area (Å²) in [4.78, 5) is 24.2. The maximum Gasteiger partial charge on any atom is 0.175 e. The van der Waals surface area contributed by atoms with Gasteiger partial charge in [-0.25, -0.2) is 9.97 Å². The van der Waals surface area contributed by atoms with Gasteiger partial charge in [-0.15, -0.1) is 11.3 Å². The van der Waals surface area contributed by atoms with Gasteiger partial charge in [-0.2, -0.15) is 0 Å². The Bertz CT molecular complexity index is 920. The van der Waals surface area contributed by atoms with Crippen LogP contribution in [-0.2, 0) is 12.8 Å². The number of nitrogens with zero attached hydrogens (tertiary/aromatic N) is 2. The van der Waals surface area contributed by atoms with Gasteiger partial charge in [0.25, 0.3) is 0 Å². The Balaban J connectivity index is 1.67. The fraction of sp³-hybridized carbons (Fsp3) is 0.350. The largest absolute Gasteiger partial charge is 0.293 e. The van der Waals surface area contributed by atoms with Crippen molar-refractivity contribution in [1.82, 2.24) is 9.97 Å². The van der Waals surface area contributed by atoms with Crippen LogP contribution in [0.2, 0.25) is 0 Å². The van der Waals surface area contributed by atoms with Crippen molar-refractivity contribution in [3.8, 4) is 0 Å². The maximum absolute atomic E-state index is 12.7. The van der Waals surface area contributed by atoms with E-state index in [0.29, 0.717) is 0 Å². The first-order chi connectivity index (χ1) is 12.1. The number of thiophene rings is 1. The van der Waals surface area contributed by atoms with Gasteiger partial charge in [0.05, 0.1) is 5.25 Å². The molecule has 0 bridgehead atoms. The first-order valence-electron chi connectivity index (χ1n) is 8.64. The molecule has 25 heavy (non-hydrogen) atoms. The number of thioether (sulfide) groups is 1. The lowest BCUT2D eigenvalue weighted by atomic mass is 9.89. The Hall–Kier alpha value is -1.72. The Morgan fingerprint density at radius 1 is 1.28 bits per heavy atom. The summed E-state index contributed by atoms with van der Waals surface area (Å²) in [7, 11) is 0. The second-order valence-corrected chi connectivity index (χ2v) is 9.11. The molecule has 1 aromatic carbocycles. The first kappa shape index (κ1) is 16.7. The van der Waals surface area contributed by atoms with Crippen molar-refractivity contribution in [1.29, 1.82) is 0 Å². The van der Waals surface area contributed by atoms with Crippen LogP contribution in [0.25, 0.3) is 10.2 Å². The molecule has 2 atom stereocenters. The highest BCUT2D eigenvalue weighted by molar-refractivity contribution is 8.00. The van der Waals surface area contributed by atoms with Gasteiger partial charge >= 0.3 is 0 Å². The fourth-order valence-corrected chi connectivity index (χ4v) is 5.83. The molecule has 0 saturated carbocycles. The minimum atomic E-state index is -0.168. The molecule has 5 heteroatoms. The van der Waals surface area contributed by atoms with Crippen molar-refractivity contribution in [2.24, 2.45) is 5.92 Å². The van der Waals surface area contributed by atoms with E-state index in [9.17, 15) is 4.79 Å². The number of carbonyl (C=O) groups is 1. The minimum Gasteiger partial charge on any atom is -0.293 e. The summed E-state index contributed by atoms with van der Waals surface area (Å²) in [6, 6.07) is 9.50. The molecule has 2 heterocycles. The molecule has 128 valence electrons. The van der Waals surface area contributed by atoms with Crippen molar-refractivity contribution in [3.63, 3.8) is 0 Å². The number of aromatic nitrogens is 2. The molecule has 0 amide bonds. The predicted molar refractivity (Wildman–Crippen MR) is 105 cm³/mol. The van der Waals surface area contributed by atoms with E-state index in [1.54, 1.807) is 29.4 Å². The third-order valence-corrected chi connectivity index (χ3v) is 7.04. The summed E-state index contributed by atoms with van der Waals surface area (Å²) < 4.78 is 0. The van der Waals surface area contributed by atoms with E-state index in [1.807, 2.05) is 37.3 Å². The molecule has 0 aliphatic heterocycles. The van der Waals surface area contributed by atoms with Gasteiger partial charge < -0.3 is 0 Å². The number of benzene rings is 1. The van der Waals surface area contributed by atoms with Crippen LogP contribution in [0, 0.1) is 5.92 Å². The standard InChI is InChI=1S/C20H20N2OS2/c1-12-8-9-15-16(10-12)25-20-17(15)19(21-11-22-20)24-13(2)18(23)14-6-4-3-5-7-14/h3-7,11-13H,8-10H2,1-2H3/t12-,13-/m0/s1. The summed E-state index contributed by atoms with van der Waals surface area (Å²) in [5, 5.41) is 1.97. The number of fused-ring (bicyclic) bond motifs is 3. The summed E-state index contributed by atoms with van der Waals surface area (Å²) in [6.45, 7) is 4.28. The predicted octanol–water partition coefficient (Wildman–Crippen LogP) is 5.18. The van der Waals surface area contributed by atoms with Crippen LogP contribution in [0.5, 0.6) is 0 Å². The Labute approximate surface area is 155 Å². The van der Waals surface area contributed by atoms with Crippen LogP contribution in [0.3, 0.4) is 0 Å². The number of carbonyl (C=O) groups excluding carboxylic acids is 1. The van der Waals surface area contributed by atoms with Crippen LogP contribution in [0.15, 0.2) is 41.7 Å². The molecular weight excluding hydrogens is 348 g/mol. The molecule has 0 unspecified atom stereocenters. The monoisotopic (exact) mass is 368 g/mol. The van der Waals surface area contributed by atoms with Gasteiger partial charge in [0, 0.05) is 15.8 Å². The minimum absolute atomic E-state index is 0.148. The highest BCUT2D eigenvalue weighted by atomic mass is 32.2. The molecule has 3 nitrogen and oxygen atoms in total. The lowest BCUT2D eigenvalue weighted by Gasteiger charge is -2.18. The number of rotatable bonds is 4. The fourth-order valence-electron chi connectivity index (χ4n) is 3.39. The third-order valence-electron chi connectivity index (χ3n) is 4.77. The highest BCUT2D eigenvalue weighted by Crippen LogP contribution is 2.41. The van der Waals surface area contributed by atoms with E-state index in [1.165, 1.54) is 22.2 Å². The van der Waals surface area contributed by atoms with Crippen molar-refractivity contribution in [2.45, 2.75) is 43.4 Å². The van der Waals surface area contributed by atoms with Gasteiger partial charge in [-0.3, -0.25) is 4.79 Å². The van der Waals surface area contributed by atoms with Crippen molar-refractivity contribution in [3.05, 3.63) is 52.7 Å². The molecule has 4 rings (SSSR count). The molecule has 1 aliphatic rings.